The van der Waals surface area contributed by atoms with Crippen LogP contribution in [0.1, 0.15) is 122 Å². The fraction of sp³-hybridized carbons (Fsp3) is 0.509. The van der Waals surface area contributed by atoms with E-state index in [1.54, 1.807) is 12.1 Å². The van der Waals surface area contributed by atoms with Crippen molar-refractivity contribution >= 4 is 29.2 Å². The number of β-amino-alcohol motifs (C(OH)–C–C–N with tert-alkyl or cyclic N) is 1. The number of aliphatic hydroxyl groups excluding tert-OH is 2. The van der Waals surface area contributed by atoms with E-state index in [4.69, 9.17) is 28.8 Å². The molecule has 0 spiro atoms. The number of aldehydes is 1. The van der Waals surface area contributed by atoms with E-state index in [1.165, 1.54) is 0 Å². The number of aliphatic hydroxyl groups is 2. The van der Waals surface area contributed by atoms with Gasteiger partial charge in [-0.25, -0.2) is 8.78 Å². The van der Waals surface area contributed by atoms with Crippen LogP contribution in [0.5, 0.6) is 23.0 Å². The Morgan fingerprint density at radius 1 is 0.706 bits per heavy atom. The van der Waals surface area contributed by atoms with E-state index in [0.717, 1.165) is 72.2 Å². The quantitative estimate of drug-likeness (QED) is 0.124. The average Bonchev–Trinajstić information content (AvgIpc) is 4.04. The fourth-order valence-corrected chi connectivity index (χ4v) is 9.74. The van der Waals surface area contributed by atoms with Gasteiger partial charge in [-0.05, 0) is 119 Å². The Morgan fingerprint density at radius 2 is 1.18 bits per heavy atom. The Morgan fingerprint density at radius 3 is 1.62 bits per heavy atom. The molecule has 0 radical (unpaired) electrons. The molecule has 4 aromatic carbocycles. The van der Waals surface area contributed by atoms with Gasteiger partial charge in [0.2, 0.25) is 13.6 Å². The van der Waals surface area contributed by atoms with Gasteiger partial charge < -0.3 is 44.2 Å². The number of halogens is 2. The maximum absolute atomic E-state index is 15.2. The van der Waals surface area contributed by atoms with Crippen molar-refractivity contribution in [3.8, 4) is 23.0 Å². The van der Waals surface area contributed by atoms with Gasteiger partial charge in [-0.1, -0.05) is 87.1 Å². The van der Waals surface area contributed by atoms with E-state index in [9.17, 15) is 19.1 Å². The van der Waals surface area contributed by atoms with E-state index in [2.05, 4.69) is 51.8 Å². The van der Waals surface area contributed by atoms with Crippen molar-refractivity contribution in [1.29, 1.82) is 0 Å². The number of ether oxygens (including phenoxy) is 4. The Balaban J connectivity index is 0.000000199. The summed E-state index contributed by atoms with van der Waals surface area (Å²) in [6, 6.07) is 18.7. The Hall–Kier alpha value is -5.53. The molecule has 2 fully saturated rings. The van der Waals surface area contributed by atoms with Gasteiger partial charge >= 0.3 is 0 Å². The van der Waals surface area contributed by atoms with Gasteiger partial charge in [0.25, 0.3) is 0 Å². The first-order chi connectivity index (χ1) is 31.9. The molecule has 0 bridgehead atoms. The zero-order valence-electron chi connectivity index (χ0n) is 40.2. The van der Waals surface area contributed by atoms with Crippen molar-refractivity contribution in [3.05, 3.63) is 106 Å². The second-order valence-electron chi connectivity index (χ2n) is 20.3. The van der Waals surface area contributed by atoms with E-state index in [-0.39, 0.29) is 93.2 Å². The number of carbonyl (C=O) groups is 3. The monoisotopic (exact) mass is 941 g/mol. The number of carbonyl (C=O) groups excluding carboxylic acids is 3. The molecule has 4 aromatic rings. The molecule has 68 heavy (non-hydrogen) atoms. The summed E-state index contributed by atoms with van der Waals surface area (Å²) in [6.07, 6.45) is 5.41. The van der Waals surface area contributed by atoms with E-state index in [0.29, 0.717) is 47.0 Å². The molecule has 11 nitrogen and oxygen atoms in total. The highest BCUT2D eigenvalue weighted by molar-refractivity contribution is 5.95. The van der Waals surface area contributed by atoms with Crippen LogP contribution < -0.4 is 29.2 Å². The largest absolute Gasteiger partial charge is 0.454 e. The standard InChI is InChI=1S/C26H30FNO4.C24H26FNO3.C2H4O2.C2H6.CH4/c1-25(2,3)23-11-17-10-16(19(27)14-20(17)28(23)8-9-29)12-24(30)26(6-7-26)18-4-5-21-22(13-18)32-15-31-21;1-23(2,3)21-9-15-8-14(17(25)12-18(15)26-21)10-22(27)24(6-7-24)16-4-5-19-20(11-16)29-13-28-19;3-1-2-4;1-2;/h4-5,10,13-14,23,29H,6-9,11-12,15H2,1-3H3;4-5,8,11-12,21,26H,6-7,9-10,13H2,1-3H3;1,4H,2H2;1-2H3;1H4. The predicted octanol–water partition coefficient (Wildman–Crippen LogP) is 9.79. The molecule has 10 rings (SSSR count). The van der Waals surface area contributed by atoms with Crippen LogP contribution >= 0.6 is 0 Å². The zero-order valence-corrected chi connectivity index (χ0v) is 40.2. The number of hydrogen-bond acceptors (Lipinski definition) is 11. The molecule has 2 unspecified atom stereocenters. The van der Waals surface area contributed by atoms with E-state index >= 15 is 4.39 Å². The van der Waals surface area contributed by atoms with Crippen molar-refractivity contribution in [1.82, 2.24) is 0 Å². The Labute approximate surface area is 400 Å². The molecule has 0 aromatic heterocycles. The lowest BCUT2D eigenvalue weighted by Gasteiger charge is -2.36. The smallest absolute Gasteiger partial charge is 0.231 e. The first kappa shape index (κ1) is 51.9. The van der Waals surface area contributed by atoms with Crippen LogP contribution in [0.3, 0.4) is 0 Å². The molecule has 2 saturated carbocycles. The predicted molar refractivity (Wildman–Crippen MR) is 260 cm³/mol. The number of nitrogens with zero attached hydrogens (tertiary/aromatic N) is 1. The summed E-state index contributed by atoms with van der Waals surface area (Å²) in [5.41, 5.74) is 5.68. The van der Waals surface area contributed by atoms with Crippen molar-refractivity contribution in [3.63, 3.8) is 0 Å². The molecular weight excluding hydrogens is 871 g/mol. The summed E-state index contributed by atoms with van der Waals surface area (Å²) < 4.78 is 51.6. The molecular formula is C55H70F2N2O9. The van der Waals surface area contributed by atoms with Gasteiger partial charge in [0.1, 0.15) is 29.5 Å². The van der Waals surface area contributed by atoms with Crippen molar-refractivity contribution in [2.75, 3.05) is 43.6 Å². The molecule has 368 valence electrons. The van der Waals surface area contributed by atoms with Crippen LogP contribution in [0.2, 0.25) is 0 Å². The summed E-state index contributed by atoms with van der Waals surface area (Å²) >= 11 is 0. The second-order valence-corrected chi connectivity index (χ2v) is 20.3. The second kappa shape index (κ2) is 20.6. The van der Waals surface area contributed by atoms with Gasteiger partial charge in [0.05, 0.1) is 24.0 Å². The first-order valence-electron chi connectivity index (χ1n) is 23.6. The molecule has 3 N–H and O–H groups in total. The van der Waals surface area contributed by atoms with Gasteiger partial charge in [-0.15, -0.1) is 0 Å². The van der Waals surface area contributed by atoms with Crippen LogP contribution in [-0.4, -0.2) is 73.5 Å². The number of Topliss-reactive ketones (excluding diaryl/α,β-unsaturated/α-hetero) is 2. The Bertz CT molecular complexity index is 2480. The molecule has 4 aliphatic heterocycles. The topological polar surface area (TPSA) is 144 Å². The maximum Gasteiger partial charge on any atom is 0.231 e. The molecule has 2 aliphatic carbocycles. The SMILES string of the molecule is C.CC.CC(C)(C)C1Cc2cc(CC(=O)C3(c4ccc5c(c4)OCO5)CC3)c(F)cc2N1.CC(C)(C)C1Cc2cc(CC(=O)C3(c4ccc5c(c4)OCO5)CC3)c(F)cc2N1CCO.O=CCO. The fourth-order valence-electron chi connectivity index (χ4n) is 9.74. The van der Waals surface area contributed by atoms with Gasteiger partial charge in [-0.3, -0.25) is 9.59 Å². The normalized spacial score (nSPS) is 19.0. The third-order valence-corrected chi connectivity index (χ3v) is 14.0. The summed E-state index contributed by atoms with van der Waals surface area (Å²) in [5.74, 6) is 2.23. The molecule has 6 aliphatic rings. The number of nitrogens with one attached hydrogen (secondary N) is 1. The minimum Gasteiger partial charge on any atom is -0.454 e. The molecule has 4 heterocycles. The summed E-state index contributed by atoms with van der Waals surface area (Å²) in [4.78, 5) is 37.6. The van der Waals surface area contributed by atoms with Crippen molar-refractivity contribution in [2.45, 2.75) is 137 Å². The number of ketones is 2. The highest BCUT2D eigenvalue weighted by Crippen LogP contribution is 2.53. The number of fused-ring (bicyclic) bond motifs is 4. The minimum atomic E-state index is -0.552. The molecule has 0 saturated heterocycles. The zero-order chi connectivity index (χ0) is 48.5. The van der Waals surface area contributed by atoms with Crippen LogP contribution in [0, 0.1) is 22.5 Å². The Kier molecular flexibility index (Phi) is 15.7. The average molecular weight is 941 g/mol. The summed E-state index contributed by atoms with van der Waals surface area (Å²) in [7, 11) is 0. The third kappa shape index (κ3) is 10.5. The maximum atomic E-state index is 15.2. The summed E-state index contributed by atoms with van der Waals surface area (Å²) in [5, 5.41) is 20.5. The van der Waals surface area contributed by atoms with Crippen LogP contribution in [0.15, 0.2) is 60.7 Å². The van der Waals surface area contributed by atoms with Gasteiger partial charge in [0, 0.05) is 42.8 Å². The molecule has 0 amide bonds. The highest BCUT2D eigenvalue weighted by atomic mass is 19.1. The lowest BCUT2D eigenvalue weighted by Crippen LogP contribution is -2.43. The third-order valence-electron chi connectivity index (χ3n) is 14.0. The van der Waals surface area contributed by atoms with Crippen LogP contribution in [-0.2, 0) is 50.9 Å². The van der Waals surface area contributed by atoms with Crippen LogP contribution in [0.4, 0.5) is 20.2 Å². The molecule has 2 atom stereocenters. The van der Waals surface area contributed by atoms with Crippen molar-refractivity contribution in [2.24, 2.45) is 10.8 Å². The lowest BCUT2D eigenvalue weighted by molar-refractivity contribution is -0.121. The molecule has 13 heteroatoms. The highest BCUT2D eigenvalue weighted by Gasteiger charge is 2.52. The van der Waals surface area contributed by atoms with E-state index in [1.807, 2.05) is 62.4 Å². The number of anilines is 2. The number of rotatable bonds is 11. The minimum absolute atomic E-state index is 0. The first-order valence-corrected chi connectivity index (χ1v) is 23.6. The lowest BCUT2D eigenvalue weighted by atomic mass is 9.84. The van der Waals surface area contributed by atoms with Crippen molar-refractivity contribution < 1.29 is 52.3 Å². The number of benzene rings is 4. The van der Waals surface area contributed by atoms with Gasteiger partial charge in [0.15, 0.2) is 23.0 Å². The number of hydrogen-bond donors (Lipinski definition) is 3. The van der Waals surface area contributed by atoms with Gasteiger partial charge in [-0.2, -0.15) is 0 Å². The van der Waals surface area contributed by atoms with E-state index < -0.39 is 10.8 Å². The van der Waals surface area contributed by atoms with Crippen LogP contribution in [0.25, 0.3) is 0 Å². The summed E-state index contributed by atoms with van der Waals surface area (Å²) in [6.45, 7) is 17.6.